The molecule has 3 rings (SSSR count). The first-order valence-corrected chi connectivity index (χ1v) is 10.7. The molecule has 0 saturated heterocycles. The topological polar surface area (TPSA) is 110 Å². The summed E-state index contributed by atoms with van der Waals surface area (Å²) in [7, 11) is 0. The monoisotopic (exact) mass is 507 g/mol. The molecule has 0 spiro atoms. The van der Waals surface area contributed by atoms with Crippen LogP contribution in [0.5, 0.6) is 0 Å². The molecule has 35 heavy (non-hydrogen) atoms. The number of ether oxygens (including phenoxy) is 1. The highest BCUT2D eigenvalue weighted by Gasteiger charge is 2.31. The summed E-state index contributed by atoms with van der Waals surface area (Å²) >= 11 is 6.05. The van der Waals surface area contributed by atoms with Gasteiger partial charge in [-0.2, -0.15) is 13.2 Å². The molecule has 1 aromatic heterocycles. The molecular weight excluding hydrogens is 487 g/mol. The van der Waals surface area contributed by atoms with E-state index in [1.165, 1.54) is 13.1 Å². The largest absolute Gasteiger partial charge is 0.447 e. The van der Waals surface area contributed by atoms with E-state index in [0.29, 0.717) is 16.3 Å². The third kappa shape index (κ3) is 6.90. The number of rotatable bonds is 7. The van der Waals surface area contributed by atoms with Crippen LogP contribution in [0.1, 0.15) is 12.5 Å². The molecule has 3 aromatic rings. The summed E-state index contributed by atoms with van der Waals surface area (Å²) in [4.78, 5) is 33.9. The number of benzene rings is 2. The lowest BCUT2D eigenvalue weighted by molar-refractivity contribution is -0.137. The molecule has 0 saturated carbocycles. The van der Waals surface area contributed by atoms with Crippen LogP contribution in [0.3, 0.4) is 0 Å². The average Bonchev–Trinajstić information content (AvgIpc) is 2.82. The molecule has 1 atom stereocenters. The van der Waals surface area contributed by atoms with Crippen molar-refractivity contribution in [2.24, 2.45) is 5.73 Å². The fourth-order valence-corrected chi connectivity index (χ4v) is 3.10. The Balaban J connectivity index is 1.90. The van der Waals surface area contributed by atoms with Gasteiger partial charge < -0.3 is 15.8 Å². The highest BCUT2D eigenvalue weighted by molar-refractivity contribution is 6.30. The van der Waals surface area contributed by atoms with Gasteiger partial charge in [-0.25, -0.2) is 19.7 Å². The molecular formula is C23H21ClF3N5O3. The van der Waals surface area contributed by atoms with Crippen LogP contribution < -0.4 is 16.0 Å². The van der Waals surface area contributed by atoms with E-state index in [1.54, 1.807) is 30.3 Å². The maximum absolute atomic E-state index is 13.0. The molecule has 0 fully saturated rings. The molecule has 184 valence electrons. The van der Waals surface area contributed by atoms with Crippen molar-refractivity contribution < 1.29 is 27.5 Å². The molecule has 8 nitrogen and oxygen atoms in total. The molecule has 0 aliphatic heterocycles. The van der Waals surface area contributed by atoms with Crippen LogP contribution in [0.4, 0.5) is 29.6 Å². The highest BCUT2D eigenvalue weighted by atomic mass is 35.5. The number of nitrogens with two attached hydrogens (primary N) is 1. The summed E-state index contributed by atoms with van der Waals surface area (Å²) in [6.45, 7) is 1.26. The van der Waals surface area contributed by atoms with Crippen molar-refractivity contribution in [3.8, 4) is 11.3 Å². The van der Waals surface area contributed by atoms with Crippen molar-refractivity contribution in [3.63, 3.8) is 0 Å². The van der Waals surface area contributed by atoms with Gasteiger partial charge in [-0.1, -0.05) is 23.7 Å². The number of anilines is 2. The van der Waals surface area contributed by atoms with Crippen LogP contribution in [0.25, 0.3) is 11.3 Å². The van der Waals surface area contributed by atoms with E-state index in [4.69, 9.17) is 22.1 Å². The summed E-state index contributed by atoms with van der Waals surface area (Å²) in [6, 6.07) is 11.6. The highest BCUT2D eigenvalue weighted by Crippen LogP contribution is 2.32. The Morgan fingerprint density at radius 1 is 1.17 bits per heavy atom. The average molecular weight is 508 g/mol. The zero-order valence-electron chi connectivity index (χ0n) is 18.4. The zero-order chi connectivity index (χ0) is 25.6. The first kappa shape index (κ1) is 25.9. The SMILES string of the molecule is C[C@H](N)C(=O)NCCOC(=O)N(c1ccc(C(F)(F)F)cc1)c1nccc(-c2cccc(Cl)c2)n1. The first-order valence-electron chi connectivity index (χ1n) is 10.3. The minimum Gasteiger partial charge on any atom is -0.447 e. The number of hydrogen-bond donors (Lipinski definition) is 2. The number of nitrogens with one attached hydrogen (secondary N) is 1. The lowest BCUT2D eigenvalue weighted by Gasteiger charge is -2.21. The van der Waals surface area contributed by atoms with Gasteiger partial charge in [0.2, 0.25) is 11.9 Å². The van der Waals surface area contributed by atoms with E-state index in [0.717, 1.165) is 29.2 Å². The summed E-state index contributed by atoms with van der Waals surface area (Å²) in [5.41, 5.74) is 5.68. The van der Waals surface area contributed by atoms with Gasteiger partial charge in [0.05, 0.1) is 29.5 Å². The van der Waals surface area contributed by atoms with Gasteiger partial charge in [-0.15, -0.1) is 0 Å². The Labute approximate surface area is 203 Å². The number of amides is 2. The van der Waals surface area contributed by atoms with Crippen LogP contribution in [0.15, 0.2) is 60.8 Å². The van der Waals surface area contributed by atoms with Gasteiger partial charge in [0.25, 0.3) is 0 Å². The molecule has 2 aromatic carbocycles. The maximum Gasteiger partial charge on any atom is 0.421 e. The normalized spacial score (nSPS) is 12.1. The lowest BCUT2D eigenvalue weighted by Crippen LogP contribution is -2.40. The van der Waals surface area contributed by atoms with E-state index in [9.17, 15) is 22.8 Å². The van der Waals surface area contributed by atoms with Gasteiger partial charge in [0, 0.05) is 16.8 Å². The van der Waals surface area contributed by atoms with Crippen molar-refractivity contribution in [2.75, 3.05) is 18.1 Å². The molecule has 0 radical (unpaired) electrons. The van der Waals surface area contributed by atoms with Gasteiger partial charge in [-0.05, 0) is 49.4 Å². The van der Waals surface area contributed by atoms with E-state index in [2.05, 4.69) is 15.3 Å². The van der Waals surface area contributed by atoms with Crippen molar-refractivity contribution in [2.45, 2.75) is 19.1 Å². The van der Waals surface area contributed by atoms with Crippen LogP contribution >= 0.6 is 11.6 Å². The minimum absolute atomic E-state index is 0.0175. The molecule has 0 aliphatic rings. The third-order valence-corrected chi connectivity index (χ3v) is 4.87. The second-order valence-electron chi connectivity index (χ2n) is 7.33. The molecule has 12 heteroatoms. The van der Waals surface area contributed by atoms with Crippen LogP contribution in [0, 0.1) is 0 Å². The molecule has 1 heterocycles. The molecule has 0 aliphatic carbocycles. The zero-order valence-corrected chi connectivity index (χ0v) is 19.2. The molecule has 2 amide bonds. The number of halogens is 4. The van der Waals surface area contributed by atoms with Crippen molar-refractivity contribution in [1.29, 1.82) is 0 Å². The number of carbonyl (C=O) groups is 2. The van der Waals surface area contributed by atoms with Crippen molar-refractivity contribution in [1.82, 2.24) is 15.3 Å². The number of aromatic nitrogens is 2. The third-order valence-electron chi connectivity index (χ3n) is 4.64. The van der Waals surface area contributed by atoms with Gasteiger partial charge in [-0.3, -0.25) is 4.79 Å². The standard InChI is InChI=1S/C23H21ClF3N5O3/c1-14(28)20(33)29-11-12-35-22(34)32(18-7-5-16(6-8-18)23(25,26)27)21-30-10-9-19(31-21)15-3-2-4-17(24)13-15/h2-10,13-14H,11-12,28H2,1H3,(H,29,33)/t14-/m0/s1. The Morgan fingerprint density at radius 3 is 2.51 bits per heavy atom. The van der Waals surface area contributed by atoms with Gasteiger partial charge >= 0.3 is 12.3 Å². The van der Waals surface area contributed by atoms with Crippen molar-refractivity contribution in [3.05, 3.63) is 71.4 Å². The fourth-order valence-electron chi connectivity index (χ4n) is 2.90. The first-order chi connectivity index (χ1) is 16.6. The molecule has 0 unspecified atom stereocenters. The minimum atomic E-state index is -4.55. The van der Waals surface area contributed by atoms with E-state index in [1.807, 2.05) is 0 Å². The van der Waals surface area contributed by atoms with E-state index in [-0.39, 0.29) is 24.8 Å². The second-order valence-corrected chi connectivity index (χ2v) is 7.76. The Kier molecular flexibility index (Phi) is 8.26. The number of carbonyl (C=O) groups excluding carboxylic acids is 2. The molecule has 3 N–H and O–H groups in total. The molecule has 0 bridgehead atoms. The summed E-state index contributed by atoms with van der Waals surface area (Å²) < 4.78 is 44.3. The quantitative estimate of drug-likeness (QED) is 0.454. The van der Waals surface area contributed by atoms with Gasteiger partial charge in [0.1, 0.15) is 6.61 Å². The van der Waals surface area contributed by atoms with Gasteiger partial charge in [0.15, 0.2) is 0 Å². The number of alkyl halides is 3. The summed E-state index contributed by atoms with van der Waals surface area (Å²) in [5.74, 6) is -0.565. The number of hydrogen-bond acceptors (Lipinski definition) is 6. The smallest absolute Gasteiger partial charge is 0.421 e. The fraction of sp³-hybridized carbons (Fsp3) is 0.217. The lowest BCUT2D eigenvalue weighted by atomic mass is 10.1. The van der Waals surface area contributed by atoms with E-state index >= 15 is 0 Å². The second kappa shape index (κ2) is 11.2. The maximum atomic E-state index is 13.0. The predicted octanol–water partition coefficient (Wildman–Crippen LogP) is 4.55. The van der Waals surface area contributed by atoms with Crippen LogP contribution in [-0.2, 0) is 15.7 Å². The Bertz CT molecular complexity index is 1190. The summed E-state index contributed by atoms with van der Waals surface area (Å²) in [6.07, 6.45) is -4.11. The van der Waals surface area contributed by atoms with E-state index < -0.39 is 29.8 Å². The Hall–Kier alpha value is -3.70. The predicted molar refractivity (Wildman–Crippen MR) is 124 cm³/mol. The summed E-state index contributed by atoms with van der Waals surface area (Å²) in [5, 5.41) is 2.96. The van der Waals surface area contributed by atoms with Crippen molar-refractivity contribution >= 4 is 35.2 Å². The number of nitrogens with zero attached hydrogens (tertiary/aromatic N) is 3. The van der Waals surface area contributed by atoms with Crippen LogP contribution in [0.2, 0.25) is 5.02 Å². The van der Waals surface area contributed by atoms with Crippen LogP contribution in [-0.4, -0.2) is 41.2 Å². The Morgan fingerprint density at radius 2 is 1.89 bits per heavy atom.